The van der Waals surface area contributed by atoms with E-state index < -0.39 is 0 Å². The van der Waals surface area contributed by atoms with Gasteiger partial charge in [-0.05, 0) is 18.4 Å². The van der Waals surface area contributed by atoms with E-state index in [1.807, 2.05) is 22.8 Å². The molecule has 1 N–H and O–H groups in total. The third-order valence-corrected chi connectivity index (χ3v) is 6.14. The second-order valence-electron chi connectivity index (χ2n) is 8.38. The Morgan fingerprint density at radius 3 is 2.74 bits per heavy atom. The van der Waals surface area contributed by atoms with Crippen LogP contribution in [0.2, 0.25) is 0 Å². The first-order valence-corrected chi connectivity index (χ1v) is 11.1. The number of benzene rings is 1. The van der Waals surface area contributed by atoms with E-state index >= 15 is 0 Å². The molecular weight excluding hydrogens is 394 g/mol. The Morgan fingerprint density at radius 2 is 2.00 bits per heavy atom. The first-order valence-electron chi connectivity index (χ1n) is 11.1. The van der Waals surface area contributed by atoms with Crippen molar-refractivity contribution in [1.82, 2.24) is 14.8 Å². The summed E-state index contributed by atoms with van der Waals surface area (Å²) in [5, 5.41) is 3.13. The lowest BCUT2D eigenvalue weighted by Crippen LogP contribution is -2.39. The summed E-state index contributed by atoms with van der Waals surface area (Å²) in [4.78, 5) is 27.4. The highest BCUT2D eigenvalue weighted by molar-refractivity contribution is 5.76. The molecule has 4 rings (SSSR count). The van der Waals surface area contributed by atoms with Crippen molar-refractivity contribution in [3.05, 3.63) is 64.1 Å². The fourth-order valence-corrected chi connectivity index (χ4v) is 4.47. The number of pyridine rings is 1. The third kappa shape index (κ3) is 5.54. The second-order valence-corrected chi connectivity index (χ2v) is 8.38. The molecule has 1 amide bonds. The largest absolute Gasteiger partial charge is 0.491 e. The van der Waals surface area contributed by atoms with Gasteiger partial charge in [0.2, 0.25) is 11.3 Å². The Morgan fingerprint density at radius 1 is 1.23 bits per heavy atom. The minimum absolute atomic E-state index is 0.000893. The van der Waals surface area contributed by atoms with Gasteiger partial charge in [-0.2, -0.15) is 0 Å². The van der Waals surface area contributed by atoms with Crippen LogP contribution in [0.25, 0.3) is 0 Å². The minimum atomic E-state index is -0.169. The molecule has 1 aliphatic heterocycles. The molecular formula is C24H31N3O4. The molecule has 2 heterocycles. The van der Waals surface area contributed by atoms with Crippen molar-refractivity contribution in [3.63, 3.8) is 0 Å². The highest BCUT2D eigenvalue weighted by Crippen LogP contribution is 2.23. The molecule has 2 aliphatic rings. The average molecular weight is 426 g/mol. The van der Waals surface area contributed by atoms with Gasteiger partial charge in [0, 0.05) is 37.4 Å². The maximum Gasteiger partial charge on any atom is 0.240 e. The summed E-state index contributed by atoms with van der Waals surface area (Å²) in [6, 6.07) is 12.0. The van der Waals surface area contributed by atoms with Crippen LogP contribution in [0.15, 0.2) is 47.4 Å². The molecule has 0 spiro atoms. The summed E-state index contributed by atoms with van der Waals surface area (Å²) < 4.78 is 13.0. The normalized spacial score (nSPS) is 20.0. The number of methoxy groups -OCH3 is 1. The summed E-state index contributed by atoms with van der Waals surface area (Å²) in [6.07, 6.45) is 6.07. The van der Waals surface area contributed by atoms with Crippen molar-refractivity contribution in [2.24, 2.45) is 0 Å². The van der Waals surface area contributed by atoms with E-state index in [-0.39, 0.29) is 35.8 Å². The van der Waals surface area contributed by atoms with Crippen LogP contribution >= 0.6 is 0 Å². The summed E-state index contributed by atoms with van der Waals surface area (Å²) in [6.45, 7) is 2.88. The Balaban J connectivity index is 1.49. The van der Waals surface area contributed by atoms with Crippen LogP contribution in [0, 0.1) is 0 Å². The number of aromatic nitrogens is 1. The molecule has 0 radical (unpaired) electrons. The highest BCUT2D eigenvalue weighted by Gasteiger charge is 2.24. The van der Waals surface area contributed by atoms with Crippen molar-refractivity contribution >= 4 is 5.91 Å². The van der Waals surface area contributed by atoms with E-state index in [2.05, 4.69) is 22.3 Å². The smallest absolute Gasteiger partial charge is 0.240 e. The van der Waals surface area contributed by atoms with Crippen LogP contribution in [-0.4, -0.2) is 48.2 Å². The standard InChI is InChI=1S/C24H31N3O4/c1-30-23-16-27(17-24(29)25-19-9-5-6-10-19)20(13-21(23)28)14-26-11-12-31-22(15-26)18-7-3-2-4-8-18/h2-4,7-8,13,16,19,22H,5-6,9-12,14-15,17H2,1H3,(H,25,29)/t22-/m1/s1. The molecule has 166 valence electrons. The van der Waals surface area contributed by atoms with E-state index in [9.17, 15) is 9.59 Å². The van der Waals surface area contributed by atoms with Crippen molar-refractivity contribution in [3.8, 4) is 5.75 Å². The fourth-order valence-electron chi connectivity index (χ4n) is 4.47. The van der Waals surface area contributed by atoms with Gasteiger partial charge in [0.15, 0.2) is 5.75 Å². The van der Waals surface area contributed by atoms with Gasteiger partial charge in [0.25, 0.3) is 0 Å². The Bertz CT molecular complexity index is 938. The van der Waals surface area contributed by atoms with Crippen LogP contribution in [0.5, 0.6) is 5.75 Å². The molecule has 2 fully saturated rings. The topological polar surface area (TPSA) is 72.8 Å². The summed E-state index contributed by atoms with van der Waals surface area (Å²) in [5.41, 5.74) is 1.79. The van der Waals surface area contributed by atoms with Gasteiger partial charge < -0.3 is 19.4 Å². The third-order valence-electron chi connectivity index (χ3n) is 6.14. The number of nitrogens with zero attached hydrogens (tertiary/aromatic N) is 2. The van der Waals surface area contributed by atoms with Gasteiger partial charge in [0.1, 0.15) is 6.54 Å². The second kappa shape index (κ2) is 10.1. The molecule has 7 nitrogen and oxygen atoms in total. The lowest BCUT2D eigenvalue weighted by molar-refractivity contribution is -0.122. The maximum absolute atomic E-state index is 12.6. The predicted octanol–water partition coefficient (Wildman–Crippen LogP) is 2.49. The quantitative estimate of drug-likeness (QED) is 0.738. The Hall–Kier alpha value is -2.64. The average Bonchev–Trinajstić information content (AvgIpc) is 3.29. The van der Waals surface area contributed by atoms with Crippen LogP contribution in [0.1, 0.15) is 43.0 Å². The molecule has 1 aromatic heterocycles. The van der Waals surface area contributed by atoms with E-state index in [1.54, 1.807) is 12.3 Å². The number of morpholine rings is 1. The number of rotatable bonds is 7. The first-order chi connectivity index (χ1) is 15.1. The zero-order chi connectivity index (χ0) is 21.6. The van der Waals surface area contributed by atoms with Crippen LogP contribution in [0.4, 0.5) is 0 Å². The van der Waals surface area contributed by atoms with Gasteiger partial charge in [-0.1, -0.05) is 43.2 Å². The number of nitrogens with one attached hydrogen (secondary N) is 1. The maximum atomic E-state index is 12.6. The highest BCUT2D eigenvalue weighted by atomic mass is 16.5. The van der Waals surface area contributed by atoms with Crippen molar-refractivity contribution in [1.29, 1.82) is 0 Å². The van der Waals surface area contributed by atoms with Crippen LogP contribution < -0.4 is 15.5 Å². The molecule has 1 saturated carbocycles. The zero-order valence-corrected chi connectivity index (χ0v) is 18.1. The number of ether oxygens (including phenoxy) is 2. The number of amides is 1. The first kappa shape index (κ1) is 21.6. The minimum Gasteiger partial charge on any atom is -0.491 e. The van der Waals surface area contributed by atoms with Crippen molar-refractivity contribution < 1.29 is 14.3 Å². The van der Waals surface area contributed by atoms with Crippen LogP contribution in [0.3, 0.4) is 0 Å². The van der Waals surface area contributed by atoms with Gasteiger partial charge in [-0.3, -0.25) is 14.5 Å². The van der Waals surface area contributed by atoms with E-state index in [0.717, 1.165) is 37.2 Å². The molecule has 1 aromatic carbocycles. The van der Waals surface area contributed by atoms with Crippen molar-refractivity contribution in [2.75, 3.05) is 26.8 Å². The lowest BCUT2D eigenvalue weighted by atomic mass is 10.1. The lowest BCUT2D eigenvalue weighted by Gasteiger charge is -2.33. The van der Waals surface area contributed by atoms with Crippen LogP contribution in [-0.2, 0) is 22.6 Å². The molecule has 1 saturated heterocycles. The number of hydrogen-bond acceptors (Lipinski definition) is 5. The summed E-state index contributed by atoms with van der Waals surface area (Å²) >= 11 is 0. The van der Waals surface area contributed by atoms with E-state index in [4.69, 9.17) is 9.47 Å². The molecule has 0 unspecified atom stereocenters. The van der Waals surface area contributed by atoms with Crippen molar-refractivity contribution in [2.45, 2.75) is 50.9 Å². The number of hydrogen-bond donors (Lipinski definition) is 1. The molecule has 1 atom stereocenters. The molecule has 1 aliphatic carbocycles. The molecule has 7 heteroatoms. The monoisotopic (exact) mass is 425 g/mol. The van der Waals surface area contributed by atoms with Gasteiger partial charge in [0.05, 0.1) is 26.0 Å². The number of carbonyl (C=O) groups excluding carboxylic acids is 1. The molecule has 31 heavy (non-hydrogen) atoms. The SMILES string of the molecule is COc1cn(CC(=O)NC2CCCC2)c(CN2CCO[C@@H](c3ccccc3)C2)cc1=O. The molecule has 0 bridgehead atoms. The predicted molar refractivity (Wildman–Crippen MR) is 118 cm³/mol. The van der Waals surface area contributed by atoms with E-state index in [0.29, 0.717) is 13.2 Å². The van der Waals surface area contributed by atoms with E-state index in [1.165, 1.54) is 20.0 Å². The summed E-state index contributed by atoms with van der Waals surface area (Å²) in [7, 11) is 1.48. The molecule has 2 aromatic rings. The zero-order valence-electron chi connectivity index (χ0n) is 18.1. The Kier molecular flexibility index (Phi) is 7.04. The Labute approximate surface area is 183 Å². The summed E-state index contributed by atoms with van der Waals surface area (Å²) in [5.74, 6) is 0.226. The van der Waals surface area contributed by atoms with Gasteiger partial charge in [-0.15, -0.1) is 0 Å². The van der Waals surface area contributed by atoms with Gasteiger partial charge >= 0.3 is 0 Å². The fraction of sp³-hybridized carbons (Fsp3) is 0.500. The number of carbonyl (C=O) groups is 1. The van der Waals surface area contributed by atoms with Gasteiger partial charge in [-0.25, -0.2) is 0 Å².